The number of aromatic nitrogens is 2. The van der Waals surface area contributed by atoms with E-state index in [1.165, 1.54) is 17.7 Å². The van der Waals surface area contributed by atoms with Crippen LogP contribution in [0.1, 0.15) is 24.2 Å². The highest BCUT2D eigenvalue weighted by atomic mass is 19.1. The van der Waals surface area contributed by atoms with Gasteiger partial charge in [0, 0.05) is 32.0 Å². The van der Waals surface area contributed by atoms with Gasteiger partial charge in [0.25, 0.3) is 0 Å². The second-order valence-corrected chi connectivity index (χ2v) is 8.40. The fourth-order valence-electron chi connectivity index (χ4n) is 3.87. The lowest BCUT2D eigenvalue weighted by Crippen LogP contribution is -2.47. The molecule has 2 heterocycles. The van der Waals surface area contributed by atoms with Crippen molar-refractivity contribution in [1.82, 2.24) is 14.5 Å². The molecule has 1 fully saturated rings. The lowest BCUT2D eigenvalue weighted by Gasteiger charge is -2.38. The molecule has 0 unspecified atom stereocenters. The van der Waals surface area contributed by atoms with E-state index in [0.29, 0.717) is 25.2 Å². The van der Waals surface area contributed by atoms with Gasteiger partial charge in [-0.3, -0.25) is 4.90 Å². The smallest absolute Gasteiger partial charge is 0.123 e. The van der Waals surface area contributed by atoms with Gasteiger partial charge >= 0.3 is 0 Å². The predicted octanol–water partition coefficient (Wildman–Crippen LogP) is 3.82. The Labute approximate surface area is 188 Å². The third kappa shape index (κ3) is 6.08. The fraction of sp³-hybridized carbons (Fsp3) is 0.400. The minimum atomic E-state index is -0.851. The number of rotatable bonds is 9. The van der Waals surface area contributed by atoms with Crippen molar-refractivity contribution in [3.05, 3.63) is 78.1 Å². The number of imidazole rings is 1. The van der Waals surface area contributed by atoms with E-state index in [2.05, 4.69) is 26.6 Å². The van der Waals surface area contributed by atoms with Crippen LogP contribution in [-0.2, 0) is 13.1 Å². The zero-order valence-corrected chi connectivity index (χ0v) is 18.4. The van der Waals surface area contributed by atoms with Gasteiger partial charge in [0.15, 0.2) is 0 Å². The first-order valence-corrected chi connectivity index (χ1v) is 11.0. The molecule has 0 bridgehead atoms. The highest BCUT2D eigenvalue weighted by Gasteiger charge is 2.33. The Hall–Kier alpha value is -2.90. The van der Waals surface area contributed by atoms with Gasteiger partial charge in [0.2, 0.25) is 0 Å². The second kappa shape index (κ2) is 10.1. The van der Waals surface area contributed by atoms with Gasteiger partial charge < -0.3 is 19.1 Å². The Kier molecular flexibility index (Phi) is 7.07. The number of benzene rings is 2. The fourth-order valence-corrected chi connectivity index (χ4v) is 3.87. The number of hydrogen-bond acceptors (Lipinski definition) is 5. The SMILES string of the molecule is Cc1nccn1CCOc1ccc(CN2CCC(O)(COc3ccc(F)cc3)CC2)cc1. The molecule has 1 N–H and O–H groups in total. The minimum Gasteiger partial charge on any atom is -0.492 e. The molecule has 0 radical (unpaired) electrons. The number of halogens is 1. The normalized spacial score (nSPS) is 16.1. The number of aliphatic hydroxyl groups is 1. The Morgan fingerprint density at radius 2 is 1.66 bits per heavy atom. The summed E-state index contributed by atoms with van der Waals surface area (Å²) in [6, 6.07) is 14.1. The topological polar surface area (TPSA) is 59.8 Å². The zero-order chi connectivity index (χ0) is 22.4. The molecule has 0 saturated carbocycles. The van der Waals surface area contributed by atoms with Gasteiger partial charge in [0.1, 0.15) is 42.0 Å². The van der Waals surface area contributed by atoms with Crippen molar-refractivity contribution in [3.8, 4) is 11.5 Å². The summed E-state index contributed by atoms with van der Waals surface area (Å²) in [5, 5.41) is 10.8. The molecule has 3 aromatic rings. The summed E-state index contributed by atoms with van der Waals surface area (Å²) in [6.07, 6.45) is 5.03. The molecule has 1 aliphatic rings. The number of ether oxygens (including phenoxy) is 2. The second-order valence-electron chi connectivity index (χ2n) is 8.40. The van der Waals surface area contributed by atoms with Crippen LogP contribution in [0.2, 0.25) is 0 Å². The van der Waals surface area contributed by atoms with Crippen LogP contribution in [0.4, 0.5) is 4.39 Å². The largest absolute Gasteiger partial charge is 0.492 e. The maximum atomic E-state index is 13.0. The van der Waals surface area contributed by atoms with Gasteiger partial charge in [0.05, 0.1) is 6.54 Å². The molecule has 0 aliphatic carbocycles. The molecule has 2 aromatic carbocycles. The van der Waals surface area contributed by atoms with Crippen LogP contribution in [0.25, 0.3) is 0 Å². The minimum absolute atomic E-state index is 0.219. The molecular weight excluding hydrogens is 409 g/mol. The van der Waals surface area contributed by atoms with Crippen molar-refractivity contribution in [2.24, 2.45) is 0 Å². The number of nitrogens with zero attached hydrogens (tertiary/aromatic N) is 3. The molecule has 0 atom stereocenters. The molecule has 32 heavy (non-hydrogen) atoms. The van der Waals surface area contributed by atoms with Crippen molar-refractivity contribution < 1.29 is 19.0 Å². The standard InChI is InChI=1S/C25H30FN3O3/c1-20-27-12-15-29(20)16-17-31-23-6-2-21(3-7-23)18-28-13-10-25(30,11-14-28)19-32-24-8-4-22(26)5-9-24/h2-9,12,15,30H,10-11,13-14,16-19H2,1H3. The molecular formula is C25H30FN3O3. The first-order chi connectivity index (χ1) is 15.5. The van der Waals surface area contributed by atoms with Crippen LogP contribution in [0.3, 0.4) is 0 Å². The third-order valence-corrected chi connectivity index (χ3v) is 5.96. The Balaban J connectivity index is 1.19. The molecule has 6 nitrogen and oxygen atoms in total. The molecule has 7 heteroatoms. The summed E-state index contributed by atoms with van der Waals surface area (Å²) in [5.41, 5.74) is 0.367. The molecule has 1 aromatic heterocycles. The van der Waals surface area contributed by atoms with E-state index in [1.807, 2.05) is 25.3 Å². The maximum Gasteiger partial charge on any atom is 0.123 e. The lowest BCUT2D eigenvalue weighted by molar-refractivity contribution is -0.0537. The molecule has 170 valence electrons. The van der Waals surface area contributed by atoms with Crippen LogP contribution in [0, 0.1) is 12.7 Å². The Morgan fingerprint density at radius 3 is 2.31 bits per heavy atom. The first kappa shape index (κ1) is 22.3. The van der Waals surface area contributed by atoms with Crippen molar-refractivity contribution in [2.75, 3.05) is 26.3 Å². The van der Waals surface area contributed by atoms with Gasteiger partial charge in [-0.1, -0.05) is 12.1 Å². The number of hydrogen-bond donors (Lipinski definition) is 1. The van der Waals surface area contributed by atoms with Crippen molar-refractivity contribution in [3.63, 3.8) is 0 Å². The maximum absolute atomic E-state index is 13.0. The van der Waals surface area contributed by atoms with E-state index in [-0.39, 0.29) is 12.4 Å². The summed E-state index contributed by atoms with van der Waals surface area (Å²) in [6.45, 7) is 6.00. The third-order valence-electron chi connectivity index (χ3n) is 5.96. The average Bonchev–Trinajstić information content (AvgIpc) is 3.21. The van der Waals surface area contributed by atoms with E-state index in [1.54, 1.807) is 18.3 Å². The summed E-state index contributed by atoms with van der Waals surface area (Å²) in [7, 11) is 0. The summed E-state index contributed by atoms with van der Waals surface area (Å²) in [4.78, 5) is 6.55. The molecule has 4 rings (SSSR count). The molecule has 0 amide bonds. The number of aryl methyl sites for hydroxylation is 1. The van der Waals surface area contributed by atoms with Crippen molar-refractivity contribution >= 4 is 0 Å². The molecule has 1 saturated heterocycles. The highest BCUT2D eigenvalue weighted by molar-refractivity contribution is 5.27. The summed E-state index contributed by atoms with van der Waals surface area (Å²) in [5.74, 6) is 2.12. The van der Waals surface area contributed by atoms with E-state index >= 15 is 0 Å². The Morgan fingerprint density at radius 1 is 1.00 bits per heavy atom. The van der Waals surface area contributed by atoms with Gasteiger partial charge in [-0.15, -0.1) is 0 Å². The average molecular weight is 440 g/mol. The van der Waals surface area contributed by atoms with Gasteiger partial charge in [-0.05, 0) is 61.7 Å². The summed E-state index contributed by atoms with van der Waals surface area (Å²) < 4.78 is 26.6. The van der Waals surface area contributed by atoms with Crippen LogP contribution < -0.4 is 9.47 Å². The van der Waals surface area contributed by atoms with Crippen LogP contribution in [-0.4, -0.2) is 51.5 Å². The molecule has 1 aliphatic heterocycles. The number of likely N-dealkylation sites (tertiary alicyclic amines) is 1. The zero-order valence-electron chi connectivity index (χ0n) is 18.4. The van der Waals surface area contributed by atoms with Crippen molar-refractivity contribution in [2.45, 2.75) is 38.5 Å². The van der Waals surface area contributed by atoms with Crippen molar-refractivity contribution in [1.29, 1.82) is 0 Å². The van der Waals surface area contributed by atoms with Gasteiger partial charge in [-0.25, -0.2) is 9.37 Å². The molecule has 0 spiro atoms. The highest BCUT2D eigenvalue weighted by Crippen LogP contribution is 2.25. The van der Waals surface area contributed by atoms with E-state index in [4.69, 9.17) is 9.47 Å². The van der Waals surface area contributed by atoms with E-state index in [0.717, 1.165) is 37.8 Å². The van der Waals surface area contributed by atoms with Crippen LogP contribution in [0.5, 0.6) is 11.5 Å². The van der Waals surface area contributed by atoms with Gasteiger partial charge in [-0.2, -0.15) is 0 Å². The van der Waals surface area contributed by atoms with E-state index in [9.17, 15) is 9.50 Å². The monoisotopic (exact) mass is 439 g/mol. The van der Waals surface area contributed by atoms with E-state index < -0.39 is 5.60 Å². The first-order valence-electron chi connectivity index (χ1n) is 11.0. The van der Waals surface area contributed by atoms with Crippen LogP contribution in [0.15, 0.2) is 60.9 Å². The predicted molar refractivity (Wildman–Crippen MR) is 120 cm³/mol. The summed E-state index contributed by atoms with van der Waals surface area (Å²) >= 11 is 0. The Bertz CT molecular complexity index is 980. The quantitative estimate of drug-likeness (QED) is 0.549. The lowest BCUT2D eigenvalue weighted by atomic mass is 9.92. The van der Waals surface area contributed by atoms with Crippen LogP contribution >= 0.6 is 0 Å². The number of piperidine rings is 1.